The molecular weight excluding hydrogens is 394 g/mol. The second-order valence-corrected chi connectivity index (χ2v) is 7.59. The van der Waals surface area contributed by atoms with Crippen LogP contribution in [-0.2, 0) is 0 Å². The Bertz CT molecular complexity index is 999. The Morgan fingerprint density at radius 3 is 2.47 bits per heavy atom. The van der Waals surface area contributed by atoms with Crippen LogP contribution >= 0.6 is 0 Å². The number of Topliss-reactive ketones (excluding diaryl/α,β-unsaturated/α-hetero) is 1. The van der Waals surface area contributed by atoms with E-state index in [1.54, 1.807) is 30.3 Å². The van der Waals surface area contributed by atoms with Gasteiger partial charge in [-0.2, -0.15) is 0 Å². The van der Waals surface area contributed by atoms with Crippen molar-refractivity contribution in [2.75, 3.05) is 31.1 Å². The minimum atomic E-state index is -2.71. The third-order valence-corrected chi connectivity index (χ3v) is 5.52. The maximum absolute atomic E-state index is 13.4. The second-order valence-electron chi connectivity index (χ2n) is 7.59. The monoisotopic (exact) mass is 416 g/mol. The maximum atomic E-state index is 13.4. The van der Waals surface area contributed by atoms with Crippen molar-refractivity contribution in [1.82, 2.24) is 4.90 Å². The van der Waals surface area contributed by atoms with Gasteiger partial charge >= 0.3 is 0 Å². The molecule has 4 rings (SSSR count). The first-order chi connectivity index (χ1) is 14.2. The minimum absolute atomic E-state index is 0.0255. The highest BCUT2D eigenvalue weighted by atomic mass is 19.3. The lowest BCUT2D eigenvalue weighted by molar-refractivity contribution is -0.0494. The van der Waals surface area contributed by atoms with E-state index in [9.17, 15) is 23.5 Å². The molecule has 1 fully saturated rings. The van der Waals surface area contributed by atoms with Gasteiger partial charge in [-0.05, 0) is 37.3 Å². The normalized spacial score (nSPS) is 17.8. The van der Waals surface area contributed by atoms with E-state index in [4.69, 9.17) is 4.74 Å². The number of rotatable bonds is 3. The van der Waals surface area contributed by atoms with Gasteiger partial charge < -0.3 is 19.6 Å². The van der Waals surface area contributed by atoms with Crippen molar-refractivity contribution in [1.29, 1.82) is 0 Å². The van der Waals surface area contributed by atoms with Crippen LogP contribution in [0.5, 0.6) is 11.5 Å². The van der Waals surface area contributed by atoms with Crippen molar-refractivity contribution in [2.45, 2.75) is 25.7 Å². The third-order valence-electron chi connectivity index (χ3n) is 5.52. The number of anilines is 2. The van der Waals surface area contributed by atoms with Gasteiger partial charge in [0.15, 0.2) is 5.78 Å². The van der Waals surface area contributed by atoms with Gasteiger partial charge in [-0.3, -0.25) is 9.59 Å². The van der Waals surface area contributed by atoms with Crippen LogP contribution in [0.1, 0.15) is 40.5 Å². The number of aromatic hydroxyl groups is 1. The Morgan fingerprint density at radius 1 is 1.07 bits per heavy atom. The summed E-state index contributed by atoms with van der Waals surface area (Å²) in [4.78, 5) is 27.7. The lowest BCUT2D eigenvalue weighted by Gasteiger charge is -2.33. The fourth-order valence-corrected chi connectivity index (χ4v) is 3.83. The zero-order valence-electron chi connectivity index (χ0n) is 16.5. The van der Waals surface area contributed by atoms with E-state index in [0.717, 1.165) is 5.69 Å². The number of halogens is 2. The van der Waals surface area contributed by atoms with E-state index in [2.05, 4.69) is 0 Å². The molecule has 1 saturated heterocycles. The number of benzene rings is 2. The van der Waals surface area contributed by atoms with Crippen molar-refractivity contribution in [3.8, 4) is 11.5 Å². The zero-order valence-corrected chi connectivity index (χ0v) is 16.5. The molecular formula is C22H22F2N2O4. The maximum Gasteiger partial charge on any atom is 0.253 e. The highest BCUT2D eigenvalue weighted by Crippen LogP contribution is 2.39. The predicted octanol–water partition coefficient (Wildman–Crippen LogP) is 4.00. The molecule has 2 aliphatic heterocycles. The predicted molar refractivity (Wildman–Crippen MR) is 107 cm³/mol. The van der Waals surface area contributed by atoms with E-state index >= 15 is 0 Å². The molecule has 1 N–H and O–H groups in total. The number of fused-ring (bicyclic) bond motifs is 1. The highest BCUT2D eigenvalue weighted by molar-refractivity contribution is 5.98. The van der Waals surface area contributed by atoms with E-state index < -0.39 is 5.92 Å². The van der Waals surface area contributed by atoms with Crippen molar-refractivity contribution in [3.63, 3.8) is 0 Å². The summed E-state index contributed by atoms with van der Waals surface area (Å²) in [5.74, 6) is -2.82. The van der Waals surface area contributed by atoms with Gasteiger partial charge in [-0.15, -0.1) is 0 Å². The Morgan fingerprint density at radius 2 is 1.80 bits per heavy atom. The van der Waals surface area contributed by atoms with Gasteiger partial charge in [-0.25, -0.2) is 8.78 Å². The number of carbonyl (C=O) groups excluding carboxylic acids is 2. The number of alkyl halides is 2. The largest absolute Gasteiger partial charge is 0.507 e. The van der Waals surface area contributed by atoms with Crippen LogP contribution in [0.3, 0.4) is 0 Å². The number of phenols is 1. The van der Waals surface area contributed by atoms with E-state index in [0.29, 0.717) is 30.2 Å². The number of nitrogens with zero attached hydrogens (tertiary/aromatic N) is 2. The van der Waals surface area contributed by atoms with Crippen LogP contribution in [-0.4, -0.2) is 53.9 Å². The summed E-state index contributed by atoms with van der Waals surface area (Å²) >= 11 is 0. The molecule has 2 aromatic rings. The molecule has 2 heterocycles. The molecule has 2 aliphatic rings. The summed E-state index contributed by atoms with van der Waals surface area (Å²) in [6, 6.07) is 9.87. The molecule has 2 aromatic carbocycles. The Hall–Kier alpha value is -3.16. The number of likely N-dealkylation sites (tertiary alicyclic amines) is 1. The Balaban J connectivity index is 1.58. The first-order valence-corrected chi connectivity index (χ1v) is 9.81. The van der Waals surface area contributed by atoms with Gasteiger partial charge in [0.1, 0.15) is 18.1 Å². The Labute approximate surface area is 172 Å². The molecule has 30 heavy (non-hydrogen) atoms. The molecule has 0 aliphatic carbocycles. The lowest BCUT2D eigenvalue weighted by atomic mass is 10.0. The summed E-state index contributed by atoms with van der Waals surface area (Å²) in [7, 11) is 0. The van der Waals surface area contributed by atoms with Crippen molar-refractivity contribution in [3.05, 3.63) is 47.5 Å². The van der Waals surface area contributed by atoms with Crippen LogP contribution in [0.2, 0.25) is 0 Å². The van der Waals surface area contributed by atoms with E-state index in [1.807, 2.05) is 4.90 Å². The quantitative estimate of drug-likeness (QED) is 0.766. The Kier molecular flexibility index (Phi) is 5.09. The molecule has 6 nitrogen and oxygen atoms in total. The number of ether oxygens (including phenoxy) is 1. The average Bonchev–Trinajstić information content (AvgIpc) is 2.72. The fourth-order valence-electron chi connectivity index (χ4n) is 3.83. The van der Waals surface area contributed by atoms with Crippen molar-refractivity contribution < 1.29 is 28.2 Å². The van der Waals surface area contributed by atoms with Crippen molar-refractivity contribution >= 4 is 23.1 Å². The molecule has 0 atom stereocenters. The van der Waals surface area contributed by atoms with E-state index in [1.165, 1.54) is 17.9 Å². The lowest BCUT2D eigenvalue weighted by Crippen LogP contribution is -2.42. The third kappa shape index (κ3) is 3.81. The van der Waals surface area contributed by atoms with Crippen LogP contribution in [0.15, 0.2) is 36.4 Å². The number of hydrogen-bond acceptors (Lipinski definition) is 5. The number of carbonyl (C=O) groups is 2. The molecule has 1 amide bonds. The topological polar surface area (TPSA) is 70.1 Å². The number of amides is 1. The molecule has 0 bridgehead atoms. The van der Waals surface area contributed by atoms with Gasteiger partial charge in [0.25, 0.3) is 11.8 Å². The van der Waals surface area contributed by atoms with Gasteiger partial charge in [0, 0.05) is 43.2 Å². The zero-order chi connectivity index (χ0) is 21.5. The number of piperidine rings is 1. The molecule has 0 unspecified atom stereocenters. The summed E-state index contributed by atoms with van der Waals surface area (Å²) in [6.07, 6.45) is -0.651. The SMILES string of the molecule is CC(=O)c1ccc(N2CCOc3cc(C(=O)N4CCC(F)(F)CC4)ccc32)cc1O. The standard InChI is InChI=1S/C22H22F2N2O4/c1-14(27)17-4-3-16(13-19(17)28)26-10-11-30-20-12-15(2-5-18(20)26)21(29)25-8-6-22(23,24)7-9-25/h2-5,12-13,28H,6-11H2,1H3. The van der Waals surface area contributed by atoms with Crippen LogP contribution in [0.4, 0.5) is 20.2 Å². The van der Waals surface area contributed by atoms with Gasteiger partial charge in [-0.1, -0.05) is 0 Å². The first-order valence-electron chi connectivity index (χ1n) is 9.81. The first kappa shape index (κ1) is 20.1. The molecule has 8 heteroatoms. The average molecular weight is 416 g/mol. The smallest absolute Gasteiger partial charge is 0.253 e. The number of ketones is 1. The van der Waals surface area contributed by atoms with Crippen LogP contribution in [0, 0.1) is 0 Å². The van der Waals surface area contributed by atoms with Gasteiger partial charge in [0.05, 0.1) is 17.8 Å². The van der Waals surface area contributed by atoms with E-state index in [-0.39, 0.29) is 48.9 Å². The molecule has 0 saturated carbocycles. The minimum Gasteiger partial charge on any atom is -0.507 e. The number of phenolic OH excluding ortho intramolecular Hbond substituents is 1. The second kappa shape index (κ2) is 7.59. The summed E-state index contributed by atoms with van der Waals surface area (Å²) < 4.78 is 32.5. The molecule has 0 radical (unpaired) electrons. The summed E-state index contributed by atoms with van der Waals surface area (Å²) in [5.41, 5.74) is 2.05. The summed E-state index contributed by atoms with van der Waals surface area (Å²) in [5, 5.41) is 10.2. The van der Waals surface area contributed by atoms with Crippen LogP contribution < -0.4 is 9.64 Å². The molecule has 0 aromatic heterocycles. The number of hydrogen-bond donors (Lipinski definition) is 1. The fraction of sp³-hybridized carbons (Fsp3) is 0.364. The summed E-state index contributed by atoms with van der Waals surface area (Å²) in [6.45, 7) is 2.34. The van der Waals surface area contributed by atoms with Crippen LogP contribution in [0.25, 0.3) is 0 Å². The van der Waals surface area contributed by atoms with Gasteiger partial charge in [0.2, 0.25) is 0 Å². The molecule has 158 valence electrons. The molecule has 0 spiro atoms. The highest BCUT2D eigenvalue weighted by Gasteiger charge is 2.36. The van der Waals surface area contributed by atoms with Crippen molar-refractivity contribution in [2.24, 2.45) is 0 Å².